The normalized spacial score (nSPS) is 14.4. The molecule has 2 heterocycles. The van der Waals surface area contributed by atoms with Crippen LogP contribution in [0.5, 0.6) is 0 Å². The van der Waals surface area contributed by atoms with E-state index in [0.717, 1.165) is 18.8 Å². The zero-order valence-corrected chi connectivity index (χ0v) is 12.7. The predicted octanol–water partition coefficient (Wildman–Crippen LogP) is 2.22. The van der Waals surface area contributed by atoms with Gasteiger partial charge in [0.1, 0.15) is 0 Å². The van der Waals surface area contributed by atoms with E-state index in [0.29, 0.717) is 5.56 Å². The molecular weight excluding hydrogens is 278 g/mol. The van der Waals surface area contributed by atoms with E-state index in [2.05, 4.69) is 4.90 Å². The molecule has 2 aromatic rings. The van der Waals surface area contributed by atoms with Crippen molar-refractivity contribution in [3.63, 3.8) is 0 Å². The number of nitrogens with zero attached hydrogens (tertiary/aromatic N) is 2. The highest BCUT2D eigenvalue weighted by Gasteiger charge is 2.08. The van der Waals surface area contributed by atoms with Crippen LogP contribution in [0.2, 0.25) is 0 Å². The van der Waals surface area contributed by atoms with Gasteiger partial charge in [-0.1, -0.05) is 18.2 Å². The van der Waals surface area contributed by atoms with E-state index in [1.165, 1.54) is 25.9 Å². The minimum absolute atomic E-state index is 0.300. The molecule has 0 atom stereocenters. The first-order chi connectivity index (χ1) is 10.7. The predicted molar refractivity (Wildman–Crippen MR) is 87.5 cm³/mol. The summed E-state index contributed by atoms with van der Waals surface area (Å²) in [5.74, 6) is -0.903. The number of hydrogen-bond donors (Lipinski definition) is 2. The number of rotatable bonds is 4. The van der Waals surface area contributed by atoms with Gasteiger partial charge in [0.2, 0.25) is 0 Å². The van der Waals surface area contributed by atoms with Crippen LogP contribution in [0.25, 0.3) is 5.69 Å². The Morgan fingerprint density at radius 3 is 2.36 bits per heavy atom. The van der Waals surface area contributed by atoms with Crippen LogP contribution in [0, 0.1) is 0 Å². The first-order valence-electron chi connectivity index (χ1n) is 7.60. The number of para-hydroxylation sites is 1. The Bertz CT molecular complexity index is 575. The second kappa shape index (κ2) is 8.36. The van der Waals surface area contributed by atoms with Crippen molar-refractivity contribution in [1.82, 2.24) is 9.47 Å². The number of benzene rings is 1. The van der Waals surface area contributed by atoms with Gasteiger partial charge in [0, 0.05) is 31.2 Å². The number of likely N-dealkylation sites (tertiary alicyclic amines) is 1. The van der Waals surface area contributed by atoms with E-state index in [-0.39, 0.29) is 0 Å². The molecule has 1 aromatic carbocycles. The van der Waals surface area contributed by atoms with E-state index >= 15 is 0 Å². The average molecular weight is 301 g/mol. The third-order valence-corrected chi connectivity index (χ3v) is 3.64. The Balaban J connectivity index is 0.000000188. The van der Waals surface area contributed by atoms with Gasteiger partial charge in [0.15, 0.2) is 0 Å². The number of aromatic nitrogens is 1. The molecule has 0 unspecified atom stereocenters. The van der Waals surface area contributed by atoms with Crippen LogP contribution in [0.1, 0.15) is 23.2 Å². The Kier molecular flexibility index (Phi) is 6.18. The molecule has 118 valence electrons. The summed E-state index contributed by atoms with van der Waals surface area (Å²) in [5, 5.41) is 8.73. The molecule has 3 N–H and O–H groups in total. The van der Waals surface area contributed by atoms with Crippen molar-refractivity contribution < 1.29 is 9.90 Å². The second-order valence-electron chi connectivity index (χ2n) is 5.29. The fraction of sp³-hybridized carbons (Fsp3) is 0.353. The molecule has 1 saturated heterocycles. The Morgan fingerprint density at radius 1 is 1.14 bits per heavy atom. The van der Waals surface area contributed by atoms with E-state index < -0.39 is 5.97 Å². The summed E-state index contributed by atoms with van der Waals surface area (Å²) < 4.78 is 1.78. The third kappa shape index (κ3) is 4.72. The first-order valence-corrected chi connectivity index (χ1v) is 7.60. The average Bonchev–Trinajstić information content (AvgIpc) is 3.21. The molecule has 0 radical (unpaired) electrons. The van der Waals surface area contributed by atoms with Crippen molar-refractivity contribution in [2.45, 2.75) is 12.8 Å². The lowest BCUT2D eigenvalue weighted by molar-refractivity contribution is 0.0697. The lowest BCUT2D eigenvalue weighted by atomic mass is 10.3. The summed E-state index contributed by atoms with van der Waals surface area (Å²) in [6.07, 6.45) is 6.08. The number of nitrogens with two attached hydrogens (primary N) is 1. The molecule has 1 fully saturated rings. The molecule has 3 rings (SSSR count). The topological polar surface area (TPSA) is 71.5 Å². The Morgan fingerprint density at radius 2 is 1.82 bits per heavy atom. The summed E-state index contributed by atoms with van der Waals surface area (Å²) in [6.45, 7) is 4.47. The molecule has 5 heteroatoms. The largest absolute Gasteiger partial charge is 0.478 e. The van der Waals surface area contributed by atoms with Crippen LogP contribution in [0.15, 0.2) is 48.8 Å². The molecule has 1 aliphatic heterocycles. The summed E-state index contributed by atoms with van der Waals surface area (Å²) in [7, 11) is 0. The van der Waals surface area contributed by atoms with Crippen molar-refractivity contribution in [3.05, 3.63) is 54.4 Å². The summed E-state index contributed by atoms with van der Waals surface area (Å²) >= 11 is 0. The second-order valence-corrected chi connectivity index (χ2v) is 5.29. The standard InChI is InChI=1S/C11H9NO2.C6H14N2/c13-11(14)9-6-7-12(8-9)10-4-2-1-3-5-10;7-3-6-8-4-1-2-5-8/h1-8H,(H,13,14);1-7H2. The van der Waals surface area contributed by atoms with E-state index in [1.807, 2.05) is 30.3 Å². The Hall–Kier alpha value is -2.11. The van der Waals surface area contributed by atoms with Gasteiger partial charge in [-0.25, -0.2) is 4.79 Å². The first kappa shape index (κ1) is 16.3. The fourth-order valence-electron chi connectivity index (χ4n) is 2.47. The van der Waals surface area contributed by atoms with Gasteiger partial charge in [-0.15, -0.1) is 0 Å². The molecular formula is C17H23N3O2. The lowest BCUT2D eigenvalue weighted by Gasteiger charge is -2.11. The minimum atomic E-state index is -0.903. The smallest absolute Gasteiger partial charge is 0.337 e. The fourth-order valence-corrected chi connectivity index (χ4v) is 2.47. The monoisotopic (exact) mass is 301 g/mol. The summed E-state index contributed by atoms with van der Waals surface area (Å²) in [6, 6.07) is 11.2. The number of carboxylic acids is 1. The van der Waals surface area contributed by atoms with Gasteiger partial charge >= 0.3 is 5.97 Å². The number of carboxylic acid groups (broad SMARTS) is 1. The van der Waals surface area contributed by atoms with E-state index in [9.17, 15) is 4.79 Å². The van der Waals surface area contributed by atoms with Crippen molar-refractivity contribution >= 4 is 5.97 Å². The number of hydrogen-bond acceptors (Lipinski definition) is 3. The zero-order chi connectivity index (χ0) is 15.8. The summed E-state index contributed by atoms with van der Waals surface area (Å²) in [4.78, 5) is 13.0. The van der Waals surface area contributed by atoms with E-state index in [4.69, 9.17) is 10.8 Å². The van der Waals surface area contributed by atoms with Gasteiger partial charge in [0.25, 0.3) is 0 Å². The molecule has 1 aliphatic rings. The highest BCUT2D eigenvalue weighted by Crippen LogP contribution is 2.09. The maximum atomic E-state index is 10.6. The van der Waals surface area contributed by atoms with Gasteiger partial charge < -0.3 is 20.3 Å². The van der Waals surface area contributed by atoms with Crippen molar-refractivity contribution in [1.29, 1.82) is 0 Å². The van der Waals surface area contributed by atoms with Crippen molar-refractivity contribution in [2.24, 2.45) is 5.73 Å². The number of aromatic carboxylic acids is 1. The number of carbonyl (C=O) groups is 1. The molecule has 22 heavy (non-hydrogen) atoms. The van der Waals surface area contributed by atoms with Crippen LogP contribution >= 0.6 is 0 Å². The van der Waals surface area contributed by atoms with Crippen molar-refractivity contribution in [3.8, 4) is 5.69 Å². The van der Waals surface area contributed by atoms with Crippen LogP contribution in [-0.4, -0.2) is 46.7 Å². The maximum Gasteiger partial charge on any atom is 0.337 e. The SMILES string of the molecule is NCCN1CCCC1.O=C(O)c1ccn(-c2ccccc2)c1. The van der Waals surface area contributed by atoms with Crippen LogP contribution in [0.3, 0.4) is 0 Å². The van der Waals surface area contributed by atoms with Crippen LogP contribution in [0.4, 0.5) is 0 Å². The van der Waals surface area contributed by atoms with Gasteiger partial charge in [0.05, 0.1) is 5.56 Å². The molecule has 0 amide bonds. The molecule has 0 spiro atoms. The molecule has 0 aliphatic carbocycles. The Labute approximate surface area is 131 Å². The van der Waals surface area contributed by atoms with Crippen LogP contribution in [-0.2, 0) is 0 Å². The van der Waals surface area contributed by atoms with Crippen LogP contribution < -0.4 is 5.73 Å². The third-order valence-electron chi connectivity index (χ3n) is 3.64. The highest BCUT2D eigenvalue weighted by molar-refractivity contribution is 5.87. The highest BCUT2D eigenvalue weighted by atomic mass is 16.4. The van der Waals surface area contributed by atoms with Gasteiger partial charge in [-0.05, 0) is 44.1 Å². The molecule has 5 nitrogen and oxygen atoms in total. The zero-order valence-electron chi connectivity index (χ0n) is 12.7. The maximum absolute atomic E-state index is 10.6. The molecule has 0 bridgehead atoms. The van der Waals surface area contributed by atoms with Gasteiger partial charge in [-0.3, -0.25) is 0 Å². The molecule has 1 aromatic heterocycles. The van der Waals surface area contributed by atoms with E-state index in [1.54, 1.807) is 23.0 Å². The minimum Gasteiger partial charge on any atom is -0.478 e. The summed E-state index contributed by atoms with van der Waals surface area (Å²) in [5.41, 5.74) is 6.62. The lowest BCUT2D eigenvalue weighted by Crippen LogP contribution is -2.26. The molecule has 0 saturated carbocycles. The van der Waals surface area contributed by atoms with Crippen molar-refractivity contribution in [2.75, 3.05) is 26.2 Å². The van der Waals surface area contributed by atoms with Gasteiger partial charge in [-0.2, -0.15) is 0 Å². The quantitative estimate of drug-likeness (QED) is 0.908.